The van der Waals surface area contributed by atoms with Gasteiger partial charge in [-0.2, -0.15) is 0 Å². The Morgan fingerprint density at radius 1 is 1.10 bits per heavy atom. The molecule has 0 amide bonds. The molecule has 0 saturated carbocycles. The van der Waals surface area contributed by atoms with Crippen molar-refractivity contribution in [2.24, 2.45) is 0 Å². The summed E-state index contributed by atoms with van der Waals surface area (Å²) < 4.78 is 9.60. The van der Waals surface area contributed by atoms with Crippen LogP contribution in [0.4, 0.5) is 0 Å². The topological polar surface area (TPSA) is 31.0 Å². The molecule has 1 aromatic carbocycles. The van der Waals surface area contributed by atoms with Crippen LogP contribution in [0.25, 0.3) is 22.6 Å². The monoisotopic (exact) mass is 344 g/mol. The van der Waals surface area contributed by atoms with Gasteiger partial charge in [-0.25, -0.2) is 0 Å². The van der Waals surface area contributed by atoms with E-state index in [4.69, 9.17) is 9.40 Å². The molecule has 0 bridgehead atoms. The van der Waals surface area contributed by atoms with Crippen molar-refractivity contribution in [1.82, 2.24) is 9.55 Å². The predicted octanol–water partition coefficient (Wildman–Crippen LogP) is 4.25. The number of hydrogen-bond donors (Lipinski definition) is 0. The van der Waals surface area contributed by atoms with Gasteiger partial charge in [-0.1, -0.05) is 0 Å². The van der Waals surface area contributed by atoms with Gasteiger partial charge in [0.2, 0.25) is 0 Å². The van der Waals surface area contributed by atoms with Gasteiger partial charge in [0.1, 0.15) is 0 Å². The van der Waals surface area contributed by atoms with Crippen LogP contribution in [0.15, 0.2) is 40.8 Å². The Bertz CT molecular complexity index is 765. The molecular formula is C17H22GeN2O. The molecule has 0 spiro atoms. The summed E-state index contributed by atoms with van der Waals surface area (Å²) in [4.78, 5) is 4.79. The van der Waals surface area contributed by atoms with Gasteiger partial charge in [0.15, 0.2) is 0 Å². The van der Waals surface area contributed by atoms with Crippen molar-refractivity contribution in [2.75, 3.05) is 0 Å². The van der Waals surface area contributed by atoms with Crippen molar-refractivity contribution in [3.63, 3.8) is 0 Å². The van der Waals surface area contributed by atoms with Gasteiger partial charge in [0, 0.05) is 0 Å². The molecule has 2 heterocycles. The second-order valence-electron chi connectivity index (χ2n) is 6.49. The fraction of sp³-hybridized carbons (Fsp3) is 0.353. The van der Waals surface area contributed by atoms with Crippen LogP contribution in [0.3, 0.4) is 0 Å². The van der Waals surface area contributed by atoms with Gasteiger partial charge in [0.25, 0.3) is 0 Å². The third-order valence-electron chi connectivity index (χ3n) is 3.67. The molecule has 0 unspecified atom stereocenters. The molecule has 0 aliphatic heterocycles. The zero-order chi connectivity index (χ0) is 15.0. The Morgan fingerprint density at radius 2 is 1.86 bits per heavy atom. The molecule has 0 saturated heterocycles. The second kappa shape index (κ2) is 5.37. The summed E-state index contributed by atoms with van der Waals surface area (Å²) in [6, 6.07) is 12.5. The molecule has 0 aliphatic rings. The first-order chi connectivity index (χ1) is 10.0. The van der Waals surface area contributed by atoms with Crippen molar-refractivity contribution in [3.05, 3.63) is 36.4 Å². The third-order valence-corrected chi connectivity index (χ3v) is 7.33. The van der Waals surface area contributed by atoms with Crippen LogP contribution in [-0.2, 0) is 6.54 Å². The number of aromatic nitrogens is 2. The standard InChI is InChI=1S/C17H22GeN2O/c1-5-12-20-14-9-7-6-8-13(14)19-17(20)15-10-11-16(21-15)18(2,3)4/h6-11H,5,12H2,1-4H3. The van der Waals surface area contributed by atoms with Gasteiger partial charge in [0.05, 0.1) is 0 Å². The van der Waals surface area contributed by atoms with Crippen molar-refractivity contribution in [1.29, 1.82) is 0 Å². The number of fused-ring (bicyclic) bond motifs is 1. The molecule has 3 aromatic rings. The van der Waals surface area contributed by atoms with E-state index in [0.717, 1.165) is 30.1 Å². The number of aryl methyl sites for hydroxylation is 1. The molecule has 0 aliphatic carbocycles. The summed E-state index contributed by atoms with van der Waals surface area (Å²) in [5, 5.41) is 0. The molecule has 4 heteroatoms. The summed E-state index contributed by atoms with van der Waals surface area (Å²) in [5.74, 6) is 8.89. The molecular weight excluding hydrogens is 321 g/mol. The van der Waals surface area contributed by atoms with Crippen LogP contribution in [-0.4, -0.2) is 22.8 Å². The van der Waals surface area contributed by atoms with Crippen molar-refractivity contribution < 1.29 is 4.42 Å². The average molecular weight is 343 g/mol. The number of furan rings is 1. The summed E-state index contributed by atoms with van der Waals surface area (Å²) in [6.45, 7) is 3.15. The Kier molecular flexibility index (Phi) is 3.70. The number of imidazole rings is 1. The average Bonchev–Trinajstić information content (AvgIpc) is 3.03. The Hall–Kier alpha value is -1.49. The van der Waals surface area contributed by atoms with Crippen LogP contribution in [0.1, 0.15) is 13.3 Å². The molecule has 3 rings (SSSR count). The minimum atomic E-state index is -1.93. The number of hydrogen-bond acceptors (Lipinski definition) is 2. The van der Waals surface area contributed by atoms with Crippen LogP contribution in [0.5, 0.6) is 0 Å². The minimum absolute atomic E-state index is 0.898. The molecule has 0 N–H and O–H groups in total. The van der Waals surface area contributed by atoms with Crippen LogP contribution >= 0.6 is 0 Å². The van der Waals surface area contributed by atoms with Crippen molar-refractivity contribution in [2.45, 2.75) is 37.2 Å². The van der Waals surface area contributed by atoms with E-state index in [1.54, 1.807) is 0 Å². The molecule has 0 radical (unpaired) electrons. The zero-order valence-corrected chi connectivity index (χ0v) is 15.3. The quantitative estimate of drug-likeness (QED) is 0.663. The Labute approximate surface area is 128 Å². The molecule has 0 atom stereocenters. The van der Waals surface area contributed by atoms with Crippen LogP contribution < -0.4 is 4.59 Å². The fourth-order valence-electron chi connectivity index (χ4n) is 2.57. The van der Waals surface area contributed by atoms with Crippen molar-refractivity contribution >= 4 is 28.9 Å². The summed E-state index contributed by atoms with van der Waals surface area (Å²) in [5.41, 5.74) is 2.22. The van der Waals surface area contributed by atoms with Crippen molar-refractivity contribution in [3.8, 4) is 11.6 Å². The van der Waals surface area contributed by atoms with Gasteiger partial charge in [-0.15, -0.1) is 0 Å². The number of para-hydroxylation sites is 2. The Balaban J connectivity index is 2.15. The number of benzene rings is 1. The summed E-state index contributed by atoms with van der Waals surface area (Å²) in [7, 11) is 0. The van der Waals surface area contributed by atoms with Gasteiger partial charge in [-0.3, -0.25) is 0 Å². The maximum atomic E-state index is 6.15. The van der Waals surface area contributed by atoms with E-state index >= 15 is 0 Å². The van der Waals surface area contributed by atoms with E-state index in [9.17, 15) is 0 Å². The number of nitrogens with zero attached hydrogens (tertiary/aromatic N) is 2. The van der Waals surface area contributed by atoms with Crippen LogP contribution in [0.2, 0.25) is 17.3 Å². The third kappa shape index (κ3) is 2.67. The first-order valence-electron chi connectivity index (χ1n) is 7.56. The molecule has 3 nitrogen and oxygen atoms in total. The number of rotatable bonds is 4. The molecule has 110 valence electrons. The zero-order valence-electron chi connectivity index (χ0n) is 13.2. The molecule has 2 aromatic heterocycles. The van der Waals surface area contributed by atoms with E-state index < -0.39 is 13.3 Å². The van der Waals surface area contributed by atoms with E-state index in [1.165, 1.54) is 10.1 Å². The summed E-state index contributed by atoms with van der Waals surface area (Å²) >= 11 is -1.93. The predicted molar refractivity (Wildman–Crippen MR) is 90.7 cm³/mol. The van der Waals surface area contributed by atoms with Gasteiger partial charge in [-0.05, 0) is 0 Å². The molecule has 21 heavy (non-hydrogen) atoms. The van der Waals surface area contributed by atoms with Gasteiger partial charge >= 0.3 is 128 Å². The first kappa shape index (κ1) is 14.5. The first-order valence-corrected chi connectivity index (χ1v) is 14.9. The Morgan fingerprint density at radius 3 is 2.52 bits per heavy atom. The van der Waals surface area contributed by atoms with Crippen LogP contribution in [0, 0.1) is 0 Å². The van der Waals surface area contributed by atoms with Gasteiger partial charge < -0.3 is 0 Å². The van der Waals surface area contributed by atoms with E-state index in [2.05, 4.69) is 59.1 Å². The molecule has 0 fully saturated rings. The summed E-state index contributed by atoms with van der Waals surface area (Å²) in [6.07, 6.45) is 1.08. The van der Waals surface area contributed by atoms with E-state index in [0.29, 0.717) is 0 Å². The normalized spacial score (nSPS) is 12.2. The fourth-order valence-corrected chi connectivity index (χ4v) is 4.67. The van der Waals surface area contributed by atoms with E-state index in [1.807, 2.05) is 6.07 Å². The SMILES string of the molecule is CCCn1c(-c2cc[c]([Ge]([CH3])([CH3])[CH3])o2)nc2ccccc21. The maximum absolute atomic E-state index is 6.15. The second-order valence-corrected chi connectivity index (χ2v) is 17.0. The van der Waals surface area contributed by atoms with E-state index in [-0.39, 0.29) is 0 Å².